The van der Waals surface area contributed by atoms with Gasteiger partial charge in [0.1, 0.15) is 4.32 Å². The van der Waals surface area contributed by atoms with Crippen molar-refractivity contribution in [1.29, 1.82) is 0 Å². The third-order valence-electron chi connectivity index (χ3n) is 4.31. The Kier molecular flexibility index (Phi) is 13.1. The molecule has 0 heterocycles. The predicted octanol–water partition coefficient (Wildman–Crippen LogP) is 5.94. The maximum Gasteiger partial charge on any atom is 0.133 e. The molecule has 20 heavy (non-hydrogen) atoms. The summed E-state index contributed by atoms with van der Waals surface area (Å²) in [6.45, 7) is 11.3. The molecule has 2 atom stereocenters. The summed E-state index contributed by atoms with van der Waals surface area (Å²) in [6.07, 6.45) is 10.4. The highest BCUT2D eigenvalue weighted by Gasteiger charge is 2.17. The third-order valence-corrected chi connectivity index (χ3v) is 4.86. The van der Waals surface area contributed by atoms with E-state index in [1.807, 2.05) is 0 Å². The number of thiol groups is 1. The van der Waals surface area contributed by atoms with Gasteiger partial charge in [-0.05, 0) is 24.7 Å². The van der Waals surface area contributed by atoms with E-state index < -0.39 is 0 Å². The Morgan fingerprint density at radius 2 is 1.30 bits per heavy atom. The van der Waals surface area contributed by atoms with Gasteiger partial charge in [0, 0.05) is 13.1 Å². The van der Waals surface area contributed by atoms with Crippen molar-refractivity contribution in [2.24, 2.45) is 11.8 Å². The average Bonchev–Trinajstić information content (AvgIpc) is 2.45. The third kappa shape index (κ3) is 9.23. The fourth-order valence-electron chi connectivity index (χ4n) is 2.69. The minimum Gasteiger partial charge on any atom is -0.357 e. The van der Waals surface area contributed by atoms with E-state index in [1.54, 1.807) is 0 Å². The van der Waals surface area contributed by atoms with Crippen LogP contribution in [0.2, 0.25) is 0 Å². The smallest absolute Gasteiger partial charge is 0.133 e. The van der Waals surface area contributed by atoms with Crippen molar-refractivity contribution in [1.82, 2.24) is 4.90 Å². The molecule has 0 spiro atoms. The Bertz CT molecular complexity index is 225. The van der Waals surface area contributed by atoms with Crippen molar-refractivity contribution in [2.75, 3.05) is 13.1 Å². The second-order valence-electron chi connectivity index (χ2n) is 6.02. The van der Waals surface area contributed by atoms with E-state index in [0.717, 1.165) is 29.2 Å². The van der Waals surface area contributed by atoms with Crippen LogP contribution in [0.25, 0.3) is 0 Å². The van der Waals surface area contributed by atoms with E-state index in [0.29, 0.717) is 0 Å². The summed E-state index contributed by atoms with van der Waals surface area (Å²) in [5, 5.41) is 0. The fourth-order valence-corrected chi connectivity index (χ4v) is 3.00. The second kappa shape index (κ2) is 12.9. The van der Waals surface area contributed by atoms with Crippen molar-refractivity contribution >= 4 is 29.2 Å². The number of thiocarbonyl (C=S) groups is 1. The molecule has 0 radical (unpaired) electrons. The van der Waals surface area contributed by atoms with E-state index in [4.69, 9.17) is 12.2 Å². The number of hydrogen-bond donors (Lipinski definition) is 1. The first-order valence-electron chi connectivity index (χ1n) is 8.56. The molecule has 3 heteroatoms. The summed E-state index contributed by atoms with van der Waals surface area (Å²) < 4.78 is 0.787. The molecule has 0 aromatic rings. The van der Waals surface area contributed by atoms with Crippen LogP contribution in [-0.2, 0) is 0 Å². The van der Waals surface area contributed by atoms with Crippen LogP contribution in [-0.4, -0.2) is 22.3 Å². The average molecular weight is 318 g/mol. The Labute approximate surface area is 138 Å². The minimum atomic E-state index is 0.767. The molecule has 2 unspecified atom stereocenters. The molecular formula is C17H35NS2. The van der Waals surface area contributed by atoms with Gasteiger partial charge in [-0.15, -0.1) is 12.6 Å². The maximum atomic E-state index is 5.36. The zero-order valence-electron chi connectivity index (χ0n) is 14.0. The number of nitrogens with zero attached hydrogens (tertiary/aromatic N) is 1. The molecular weight excluding hydrogens is 282 g/mol. The summed E-state index contributed by atoms with van der Waals surface area (Å²) >= 11 is 9.82. The van der Waals surface area contributed by atoms with E-state index in [1.165, 1.54) is 51.4 Å². The molecule has 0 amide bonds. The van der Waals surface area contributed by atoms with Gasteiger partial charge in [-0.3, -0.25) is 0 Å². The zero-order valence-corrected chi connectivity index (χ0v) is 15.7. The summed E-state index contributed by atoms with van der Waals surface area (Å²) in [5.41, 5.74) is 0. The van der Waals surface area contributed by atoms with Gasteiger partial charge < -0.3 is 4.90 Å². The SMILES string of the molecule is CCCCC(CC)CN(CC(CC)CCCC)C(=S)S. The highest BCUT2D eigenvalue weighted by Crippen LogP contribution is 2.19. The highest BCUT2D eigenvalue weighted by molar-refractivity contribution is 8.10. The van der Waals surface area contributed by atoms with Crippen LogP contribution in [0.3, 0.4) is 0 Å². The van der Waals surface area contributed by atoms with Crippen molar-refractivity contribution in [3.63, 3.8) is 0 Å². The van der Waals surface area contributed by atoms with Gasteiger partial charge in [0.25, 0.3) is 0 Å². The van der Waals surface area contributed by atoms with Crippen LogP contribution in [0.1, 0.15) is 79.1 Å². The maximum absolute atomic E-state index is 5.36. The van der Waals surface area contributed by atoms with Crippen LogP contribution in [0.5, 0.6) is 0 Å². The van der Waals surface area contributed by atoms with Gasteiger partial charge in [-0.25, -0.2) is 0 Å². The highest BCUT2D eigenvalue weighted by atomic mass is 32.1. The number of unbranched alkanes of at least 4 members (excludes halogenated alkanes) is 2. The molecule has 0 saturated heterocycles. The van der Waals surface area contributed by atoms with Crippen LogP contribution in [0, 0.1) is 11.8 Å². The molecule has 0 rings (SSSR count). The Hall–Kier alpha value is 0.240. The monoisotopic (exact) mass is 317 g/mol. The predicted molar refractivity (Wildman–Crippen MR) is 99.8 cm³/mol. The molecule has 0 N–H and O–H groups in total. The first-order chi connectivity index (χ1) is 9.58. The standard InChI is InChI=1S/C17H35NS2/c1-5-9-11-15(7-3)13-18(17(19)20)14-16(8-4)12-10-6-2/h15-16H,5-14H2,1-4H3,(H,19,20). The van der Waals surface area contributed by atoms with Crippen LogP contribution < -0.4 is 0 Å². The van der Waals surface area contributed by atoms with Crippen molar-refractivity contribution in [3.05, 3.63) is 0 Å². The summed E-state index contributed by atoms with van der Waals surface area (Å²) in [7, 11) is 0. The lowest BCUT2D eigenvalue weighted by Gasteiger charge is -2.31. The van der Waals surface area contributed by atoms with Crippen molar-refractivity contribution in [2.45, 2.75) is 79.1 Å². The largest absolute Gasteiger partial charge is 0.357 e. The molecule has 0 aliphatic carbocycles. The van der Waals surface area contributed by atoms with Crippen molar-refractivity contribution in [3.8, 4) is 0 Å². The lowest BCUT2D eigenvalue weighted by Crippen LogP contribution is -2.35. The number of hydrogen-bond acceptors (Lipinski definition) is 1. The van der Waals surface area contributed by atoms with E-state index in [-0.39, 0.29) is 0 Å². The van der Waals surface area contributed by atoms with Gasteiger partial charge in [0.15, 0.2) is 0 Å². The van der Waals surface area contributed by atoms with Gasteiger partial charge in [-0.2, -0.15) is 0 Å². The second-order valence-corrected chi connectivity index (χ2v) is 7.13. The first kappa shape index (κ1) is 20.2. The first-order valence-corrected chi connectivity index (χ1v) is 9.42. The fraction of sp³-hybridized carbons (Fsp3) is 0.941. The summed E-state index contributed by atoms with van der Waals surface area (Å²) in [6, 6.07) is 0. The molecule has 0 aliphatic heterocycles. The van der Waals surface area contributed by atoms with Gasteiger partial charge in [0.05, 0.1) is 0 Å². The molecule has 1 nitrogen and oxygen atoms in total. The molecule has 0 aromatic carbocycles. The Morgan fingerprint density at radius 3 is 1.55 bits per heavy atom. The minimum absolute atomic E-state index is 0.767. The lowest BCUT2D eigenvalue weighted by molar-refractivity contribution is 0.269. The topological polar surface area (TPSA) is 3.24 Å². The van der Waals surface area contributed by atoms with Crippen LogP contribution >= 0.6 is 24.8 Å². The quantitative estimate of drug-likeness (QED) is 0.351. The normalized spacial score (nSPS) is 14.1. The zero-order chi connectivity index (χ0) is 15.4. The van der Waals surface area contributed by atoms with Crippen LogP contribution in [0.15, 0.2) is 0 Å². The summed E-state index contributed by atoms with van der Waals surface area (Å²) in [5.74, 6) is 1.53. The van der Waals surface area contributed by atoms with E-state index >= 15 is 0 Å². The Morgan fingerprint density at radius 1 is 0.900 bits per heavy atom. The molecule has 0 aliphatic rings. The van der Waals surface area contributed by atoms with Crippen LogP contribution in [0.4, 0.5) is 0 Å². The Balaban J connectivity index is 4.41. The van der Waals surface area contributed by atoms with E-state index in [9.17, 15) is 0 Å². The molecule has 120 valence electrons. The van der Waals surface area contributed by atoms with E-state index in [2.05, 4.69) is 45.2 Å². The lowest BCUT2D eigenvalue weighted by atomic mass is 9.96. The van der Waals surface area contributed by atoms with Gasteiger partial charge in [-0.1, -0.05) is 78.4 Å². The van der Waals surface area contributed by atoms with Gasteiger partial charge >= 0.3 is 0 Å². The molecule has 0 aromatic heterocycles. The van der Waals surface area contributed by atoms with Gasteiger partial charge in [0.2, 0.25) is 0 Å². The van der Waals surface area contributed by atoms with Crippen molar-refractivity contribution < 1.29 is 0 Å². The summed E-state index contributed by atoms with van der Waals surface area (Å²) in [4.78, 5) is 2.35. The molecule has 0 bridgehead atoms. The number of rotatable bonds is 12. The molecule has 0 fully saturated rings. The molecule has 0 saturated carbocycles.